The van der Waals surface area contributed by atoms with E-state index < -0.39 is 15.9 Å². The number of hydrogen-bond donors (Lipinski definition) is 1. The molecule has 1 amide bonds. The number of rotatable bonds is 9. The number of hydrogen-bond acceptors (Lipinski definition) is 5. The van der Waals surface area contributed by atoms with Crippen LogP contribution in [-0.4, -0.2) is 30.5 Å². The van der Waals surface area contributed by atoms with Crippen LogP contribution in [0, 0.1) is 19.8 Å². The highest BCUT2D eigenvalue weighted by Crippen LogP contribution is 2.26. The number of carbonyl (C=O) groups excluding carboxylic acids is 1. The van der Waals surface area contributed by atoms with E-state index in [2.05, 4.69) is 23.6 Å². The Bertz CT molecular complexity index is 1540. The van der Waals surface area contributed by atoms with Crippen molar-refractivity contribution >= 4 is 38.6 Å². The maximum Gasteiger partial charge on any atom is 0.265 e. The zero-order valence-electron chi connectivity index (χ0n) is 21.3. The highest BCUT2D eigenvalue weighted by atomic mass is 35.5. The molecule has 1 N–H and O–H groups in total. The lowest BCUT2D eigenvalue weighted by atomic mass is 10.1. The van der Waals surface area contributed by atoms with Crippen molar-refractivity contribution < 1.29 is 17.9 Å². The van der Waals surface area contributed by atoms with Gasteiger partial charge in [0, 0.05) is 10.6 Å². The lowest BCUT2D eigenvalue weighted by molar-refractivity contribution is 0.0981. The second kappa shape index (κ2) is 10.9. The maximum atomic E-state index is 12.9. The topological polar surface area (TPSA) is 90.3 Å². The number of nitrogens with one attached hydrogen (secondary N) is 1. The van der Waals surface area contributed by atoms with Crippen LogP contribution in [0.5, 0.6) is 5.75 Å². The van der Waals surface area contributed by atoms with Crippen molar-refractivity contribution in [3.63, 3.8) is 0 Å². The number of aromatic nitrogens is 2. The SMILES string of the molecule is Cc1ccc(S(=O)(=O)NC(=O)c2ccc3nc(C)n(Cc4ccc(OCCC(C)C)cc4Cl)c3c2)cc1. The number of fused-ring (bicyclic) bond motifs is 1. The van der Waals surface area contributed by atoms with Crippen molar-refractivity contribution in [1.82, 2.24) is 14.3 Å². The summed E-state index contributed by atoms with van der Waals surface area (Å²) in [5, 5.41) is 0.571. The van der Waals surface area contributed by atoms with Gasteiger partial charge in [0.15, 0.2) is 0 Å². The molecule has 0 saturated heterocycles. The van der Waals surface area contributed by atoms with E-state index in [4.69, 9.17) is 16.3 Å². The molecule has 4 aromatic rings. The molecule has 37 heavy (non-hydrogen) atoms. The molecule has 0 radical (unpaired) electrons. The fraction of sp³-hybridized carbons (Fsp3) is 0.286. The van der Waals surface area contributed by atoms with Crippen LogP contribution in [-0.2, 0) is 16.6 Å². The average molecular weight is 540 g/mol. The number of imidazole rings is 1. The van der Waals surface area contributed by atoms with Gasteiger partial charge in [-0.1, -0.05) is 49.2 Å². The zero-order valence-corrected chi connectivity index (χ0v) is 22.9. The van der Waals surface area contributed by atoms with Gasteiger partial charge in [-0.2, -0.15) is 0 Å². The predicted molar refractivity (Wildman–Crippen MR) is 146 cm³/mol. The van der Waals surface area contributed by atoms with Crippen molar-refractivity contribution in [3.05, 3.63) is 88.2 Å². The molecular formula is C28H30ClN3O4S. The number of sulfonamides is 1. The van der Waals surface area contributed by atoms with Crippen molar-refractivity contribution in [2.75, 3.05) is 6.61 Å². The van der Waals surface area contributed by atoms with Crippen LogP contribution in [0.1, 0.15) is 47.6 Å². The first-order chi connectivity index (χ1) is 17.5. The molecule has 4 rings (SSSR count). The molecule has 0 aliphatic heterocycles. The number of ether oxygens (including phenoxy) is 1. The van der Waals surface area contributed by atoms with Crippen molar-refractivity contribution in [2.45, 2.75) is 45.6 Å². The molecule has 7 nitrogen and oxygen atoms in total. The van der Waals surface area contributed by atoms with E-state index in [-0.39, 0.29) is 10.5 Å². The van der Waals surface area contributed by atoms with Crippen LogP contribution in [0.25, 0.3) is 11.0 Å². The second-order valence-corrected chi connectivity index (χ2v) is 11.6. The number of nitrogens with zero attached hydrogens (tertiary/aromatic N) is 2. The average Bonchev–Trinajstić information content (AvgIpc) is 3.14. The number of benzene rings is 3. The Morgan fingerprint density at radius 3 is 2.46 bits per heavy atom. The molecule has 0 atom stereocenters. The van der Waals surface area contributed by atoms with Crippen molar-refractivity contribution in [2.24, 2.45) is 5.92 Å². The molecule has 0 bridgehead atoms. The third-order valence-corrected chi connectivity index (χ3v) is 7.78. The molecule has 0 aliphatic carbocycles. The van der Waals surface area contributed by atoms with Crippen LogP contribution in [0.2, 0.25) is 5.02 Å². The third-order valence-electron chi connectivity index (χ3n) is 6.08. The summed E-state index contributed by atoms with van der Waals surface area (Å²) in [6, 6.07) is 16.8. The second-order valence-electron chi connectivity index (χ2n) is 9.48. The van der Waals surface area contributed by atoms with E-state index in [1.807, 2.05) is 30.5 Å². The summed E-state index contributed by atoms with van der Waals surface area (Å²) in [7, 11) is -4.00. The first-order valence-corrected chi connectivity index (χ1v) is 13.9. The molecule has 1 aromatic heterocycles. The van der Waals surface area contributed by atoms with Crippen molar-refractivity contribution in [1.29, 1.82) is 0 Å². The van der Waals surface area contributed by atoms with Gasteiger partial charge in [-0.3, -0.25) is 4.79 Å². The maximum absolute atomic E-state index is 12.9. The summed E-state index contributed by atoms with van der Waals surface area (Å²) in [6.45, 7) is 9.09. The summed E-state index contributed by atoms with van der Waals surface area (Å²) in [4.78, 5) is 17.5. The standard InChI is InChI=1S/C28H30ClN3O4S/c1-18(2)13-14-36-23-9-7-22(25(29)16-23)17-32-20(4)30-26-12-8-21(15-27(26)32)28(33)31-37(34,35)24-10-5-19(3)6-11-24/h5-12,15-16,18H,13-14,17H2,1-4H3,(H,31,33). The quantitative estimate of drug-likeness (QED) is 0.286. The van der Waals surface area contributed by atoms with E-state index >= 15 is 0 Å². The molecule has 0 spiro atoms. The molecule has 0 fully saturated rings. The van der Waals surface area contributed by atoms with Crippen LogP contribution in [0.4, 0.5) is 0 Å². The van der Waals surface area contributed by atoms with E-state index in [0.717, 1.165) is 29.1 Å². The number of amides is 1. The van der Waals surface area contributed by atoms with Gasteiger partial charge in [-0.25, -0.2) is 18.1 Å². The molecule has 0 unspecified atom stereocenters. The summed E-state index contributed by atoms with van der Waals surface area (Å²) < 4.78 is 35.3. The van der Waals surface area contributed by atoms with Crippen molar-refractivity contribution in [3.8, 4) is 5.75 Å². The van der Waals surface area contributed by atoms with Gasteiger partial charge in [0.1, 0.15) is 11.6 Å². The summed E-state index contributed by atoms with van der Waals surface area (Å²) >= 11 is 6.57. The smallest absolute Gasteiger partial charge is 0.265 e. The monoisotopic (exact) mass is 539 g/mol. The molecule has 0 aliphatic rings. The van der Waals surface area contributed by atoms with E-state index in [0.29, 0.717) is 35.1 Å². The fourth-order valence-corrected chi connectivity index (χ4v) is 5.07. The van der Waals surface area contributed by atoms with Crippen LogP contribution < -0.4 is 9.46 Å². The molecule has 194 valence electrons. The number of aryl methyl sites for hydroxylation is 2. The van der Waals surface area contributed by atoms with Gasteiger partial charge in [-0.05, 0) is 74.2 Å². The first kappa shape index (κ1) is 26.7. The normalized spacial score (nSPS) is 11.7. The molecule has 3 aromatic carbocycles. The molecule has 9 heteroatoms. The number of carbonyl (C=O) groups is 1. The van der Waals surface area contributed by atoms with Gasteiger partial charge in [0.05, 0.1) is 29.1 Å². The van der Waals surface area contributed by atoms with Gasteiger partial charge in [-0.15, -0.1) is 0 Å². The van der Waals surface area contributed by atoms with E-state index in [9.17, 15) is 13.2 Å². The van der Waals surface area contributed by atoms with Crippen LogP contribution >= 0.6 is 11.6 Å². The summed E-state index contributed by atoms with van der Waals surface area (Å²) in [5.41, 5.74) is 3.40. The third kappa shape index (κ3) is 6.32. The van der Waals surface area contributed by atoms with Gasteiger partial charge < -0.3 is 9.30 Å². The highest BCUT2D eigenvalue weighted by molar-refractivity contribution is 7.90. The Morgan fingerprint density at radius 2 is 1.78 bits per heavy atom. The Morgan fingerprint density at radius 1 is 1.05 bits per heavy atom. The Kier molecular flexibility index (Phi) is 7.90. The number of halogens is 1. The fourth-order valence-electron chi connectivity index (χ4n) is 3.87. The minimum Gasteiger partial charge on any atom is -0.494 e. The van der Waals surface area contributed by atoms with Gasteiger partial charge in [0.2, 0.25) is 0 Å². The lowest BCUT2D eigenvalue weighted by Crippen LogP contribution is -2.30. The largest absolute Gasteiger partial charge is 0.494 e. The Labute approximate surface area is 222 Å². The van der Waals surface area contributed by atoms with E-state index in [1.54, 1.807) is 36.4 Å². The molecule has 1 heterocycles. The van der Waals surface area contributed by atoms with Gasteiger partial charge in [0.25, 0.3) is 15.9 Å². The summed E-state index contributed by atoms with van der Waals surface area (Å²) in [5.74, 6) is 1.30. The van der Waals surface area contributed by atoms with E-state index in [1.165, 1.54) is 12.1 Å². The Hall–Kier alpha value is -3.36. The molecular weight excluding hydrogens is 510 g/mol. The predicted octanol–water partition coefficient (Wildman–Crippen LogP) is 5.90. The molecule has 0 saturated carbocycles. The first-order valence-electron chi connectivity index (χ1n) is 12.1. The minimum absolute atomic E-state index is 0.0275. The van der Waals surface area contributed by atoms with Gasteiger partial charge >= 0.3 is 0 Å². The highest BCUT2D eigenvalue weighted by Gasteiger charge is 2.20. The lowest BCUT2D eigenvalue weighted by Gasteiger charge is -2.12. The van der Waals surface area contributed by atoms with Crippen LogP contribution in [0.15, 0.2) is 65.6 Å². The zero-order chi connectivity index (χ0) is 26.7. The summed E-state index contributed by atoms with van der Waals surface area (Å²) in [6.07, 6.45) is 0.960. The Balaban J connectivity index is 1.56. The minimum atomic E-state index is -4.00. The van der Waals surface area contributed by atoms with Crippen LogP contribution in [0.3, 0.4) is 0 Å².